The Morgan fingerprint density at radius 2 is 1.96 bits per heavy atom. The fraction of sp³-hybridized carbons (Fsp3) is 0.381. The van der Waals surface area contributed by atoms with Crippen LogP contribution in [0.4, 0.5) is 13.2 Å². The van der Waals surface area contributed by atoms with E-state index in [1.165, 1.54) is 12.1 Å². The maximum absolute atomic E-state index is 12.9. The highest BCUT2D eigenvalue weighted by Gasteiger charge is 2.32. The summed E-state index contributed by atoms with van der Waals surface area (Å²) in [4.78, 5) is 14.2. The first-order valence-corrected chi connectivity index (χ1v) is 8.96. The van der Waals surface area contributed by atoms with Gasteiger partial charge in [0.15, 0.2) is 0 Å². The lowest BCUT2D eigenvalue weighted by Gasteiger charge is -2.33. The van der Waals surface area contributed by atoms with E-state index < -0.39 is 11.7 Å². The Hall–Kier alpha value is -2.34. The molecule has 27 heavy (non-hydrogen) atoms. The van der Waals surface area contributed by atoms with Crippen molar-refractivity contribution < 1.29 is 22.7 Å². The van der Waals surface area contributed by atoms with Gasteiger partial charge >= 0.3 is 6.18 Å². The van der Waals surface area contributed by atoms with Crippen molar-refractivity contribution in [2.24, 2.45) is 0 Å². The van der Waals surface area contributed by atoms with Crippen LogP contribution < -0.4 is 0 Å². The number of rotatable bonds is 4. The molecule has 0 aliphatic carbocycles. The van der Waals surface area contributed by atoms with Crippen molar-refractivity contribution in [2.45, 2.75) is 38.7 Å². The molecule has 1 unspecified atom stereocenters. The van der Waals surface area contributed by atoms with Crippen molar-refractivity contribution in [1.29, 1.82) is 0 Å². The molecule has 1 aliphatic rings. The first-order chi connectivity index (χ1) is 12.8. The number of halogens is 3. The van der Waals surface area contributed by atoms with Gasteiger partial charge in [0.25, 0.3) is 5.91 Å². The van der Waals surface area contributed by atoms with E-state index in [4.69, 9.17) is 4.74 Å². The van der Waals surface area contributed by atoms with Gasteiger partial charge in [-0.1, -0.05) is 35.9 Å². The van der Waals surface area contributed by atoms with Crippen LogP contribution in [0.15, 0.2) is 48.5 Å². The van der Waals surface area contributed by atoms with E-state index in [1.807, 2.05) is 31.2 Å². The van der Waals surface area contributed by atoms with Gasteiger partial charge in [-0.3, -0.25) is 4.79 Å². The molecule has 3 rings (SSSR count). The SMILES string of the molecule is Cc1cccc(COC2CCCN(C(=O)c3cccc(C(F)(F)F)c3)C2)c1. The van der Waals surface area contributed by atoms with Gasteiger partial charge in [-0.2, -0.15) is 13.2 Å². The van der Waals surface area contributed by atoms with Gasteiger partial charge in [0, 0.05) is 18.7 Å². The number of hydrogen-bond donors (Lipinski definition) is 0. The number of ether oxygens (including phenoxy) is 1. The summed E-state index contributed by atoms with van der Waals surface area (Å²) < 4.78 is 44.6. The van der Waals surface area contributed by atoms with Crippen molar-refractivity contribution in [3.05, 3.63) is 70.8 Å². The number of amides is 1. The molecule has 2 aromatic carbocycles. The van der Waals surface area contributed by atoms with Crippen LogP contribution in [-0.4, -0.2) is 30.0 Å². The van der Waals surface area contributed by atoms with Crippen LogP contribution in [0.1, 0.15) is 39.9 Å². The van der Waals surface area contributed by atoms with Crippen LogP contribution in [0.25, 0.3) is 0 Å². The van der Waals surface area contributed by atoms with Gasteiger partial charge < -0.3 is 9.64 Å². The Morgan fingerprint density at radius 1 is 1.19 bits per heavy atom. The second kappa shape index (κ2) is 8.13. The number of piperidine rings is 1. The molecule has 6 heteroatoms. The number of likely N-dealkylation sites (tertiary alicyclic amines) is 1. The van der Waals surface area contributed by atoms with Crippen LogP contribution in [0.5, 0.6) is 0 Å². The van der Waals surface area contributed by atoms with Crippen molar-refractivity contribution in [3.63, 3.8) is 0 Å². The highest BCUT2D eigenvalue weighted by Crippen LogP contribution is 2.30. The average Bonchev–Trinajstić information content (AvgIpc) is 2.65. The molecular formula is C21H22F3NO2. The Morgan fingerprint density at radius 3 is 2.70 bits per heavy atom. The standard InChI is InChI=1S/C21H22F3NO2/c1-15-5-2-6-16(11-15)14-27-19-9-4-10-25(13-19)20(26)17-7-3-8-18(12-17)21(22,23)24/h2-3,5-8,11-12,19H,4,9-10,13-14H2,1H3. The van der Waals surface area contributed by atoms with Crippen LogP contribution in [0.3, 0.4) is 0 Å². The normalized spacial score (nSPS) is 17.8. The summed E-state index contributed by atoms with van der Waals surface area (Å²) in [5.74, 6) is -0.384. The van der Waals surface area contributed by atoms with E-state index in [0.29, 0.717) is 19.7 Å². The Labute approximate surface area is 156 Å². The van der Waals surface area contributed by atoms with Crippen molar-refractivity contribution in [3.8, 4) is 0 Å². The molecule has 0 bridgehead atoms. The third-order valence-corrected chi connectivity index (χ3v) is 4.67. The van der Waals surface area contributed by atoms with Crippen molar-refractivity contribution in [1.82, 2.24) is 4.90 Å². The van der Waals surface area contributed by atoms with Crippen LogP contribution in [-0.2, 0) is 17.5 Å². The molecule has 0 aromatic heterocycles. The Kier molecular flexibility index (Phi) is 5.85. The predicted octanol–water partition coefficient (Wildman–Crippen LogP) is 4.84. The summed E-state index contributed by atoms with van der Waals surface area (Å²) in [6, 6.07) is 12.6. The van der Waals surface area contributed by atoms with Crippen LogP contribution in [0, 0.1) is 6.92 Å². The molecule has 1 amide bonds. The summed E-state index contributed by atoms with van der Waals surface area (Å²) in [6.07, 6.45) is -2.98. The molecule has 144 valence electrons. The number of hydrogen-bond acceptors (Lipinski definition) is 2. The van der Waals surface area contributed by atoms with Crippen molar-refractivity contribution in [2.75, 3.05) is 13.1 Å². The summed E-state index contributed by atoms with van der Waals surface area (Å²) in [6.45, 7) is 3.39. The van der Waals surface area contributed by atoms with Crippen LogP contribution >= 0.6 is 0 Å². The molecule has 1 heterocycles. The number of aryl methyl sites for hydroxylation is 1. The summed E-state index contributed by atoms with van der Waals surface area (Å²) in [7, 11) is 0. The lowest BCUT2D eigenvalue weighted by atomic mass is 10.0. The predicted molar refractivity (Wildman–Crippen MR) is 96.3 cm³/mol. The zero-order valence-corrected chi connectivity index (χ0v) is 15.1. The number of carbonyl (C=O) groups is 1. The molecular weight excluding hydrogens is 355 g/mol. The minimum atomic E-state index is -4.46. The molecule has 0 spiro atoms. The second-order valence-corrected chi connectivity index (χ2v) is 6.89. The fourth-order valence-electron chi connectivity index (χ4n) is 3.29. The van der Waals surface area contributed by atoms with E-state index in [-0.39, 0.29) is 17.6 Å². The lowest BCUT2D eigenvalue weighted by Crippen LogP contribution is -2.43. The number of carbonyl (C=O) groups excluding carboxylic acids is 1. The van der Waals surface area contributed by atoms with Gasteiger partial charge in [0.1, 0.15) is 0 Å². The zero-order chi connectivity index (χ0) is 19.4. The van der Waals surface area contributed by atoms with Gasteiger partial charge in [0.05, 0.1) is 18.3 Å². The zero-order valence-electron chi connectivity index (χ0n) is 15.1. The van der Waals surface area contributed by atoms with E-state index >= 15 is 0 Å². The summed E-state index contributed by atoms with van der Waals surface area (Å²) >= 11 is 0. The summed E-state index contributed by atoms with van der Waals surface area (Å²) in [5.41, 5.74) is 1.47. The third-order valence-electron chi connectivity index (χ3n) is 4.67. The Balaban J connectivity index is 1.63. The van der Waals surface area contributed by atoms with E-state index in [0.717, 1.165) is 36.1 Å². The molecule has 1 atom stereocenters. The maximum Gasteiger partial charge on any atom is 0.416 e. The molecule has 1 saturated heterocycles. The number of alkyl halides is 3. The molecule has 1 fully saturated rings. The highest BCUT2D eigenvalue weighted by molar-refractivity contribution is 5.94. The maximum atomic E-state index is 12.9. The third kappa shape index (κ3) is 5.10. The fourth-order valence-corrected chi connectivity index (χ4v) is 3.29. The average molecular weight is 377 g/mol. The molecule has 0 radical (unpaired) electrons. The van der Waals surface area contributed by atoms with Gasteiger partial charge in [-0.25, -0.2) is 0 Å². The van der Waals surface area contributed by atoms with E-state index in [2.05, 4.69) is 0 Å². The number of nitrogens with zero attached hydrogens (tertiary/aromatic N) is 1. The van der Waals surface area contributed by atoms with Crippen LogP contribution in [0.2, 0.25) is 0 Å². The minimum Gasteiger partial charge on any atom is -0.372 e. The number of benzene rings is 2. The molecule has 0 saturated carbocycles. The minimum absolute atomic E-state index is 0.0594. The molecule has 0 N–H and O–H groups in total. The van der Waals surface area contributed by atoms with Gasteiger partial charge in [0.2, 0.25) is 0 Å². The van der Waals surface area contributed by atoms with Gasteiger partial charge in [-0.15, -0.1) is 0 Å². The van der Waals surface area contributed by atoms with Crippen molar-refractivity contribution >= 4 is 5.91 Å². The largest absolute Gasteiger partial charge is 0.416 e. The molecule has 2 aromatic rings. The first-order valence-electron chi connectivity index (χ1n) is 8.96. The smallest absolute Gasteiger partial charge is 0.372 e. The van der Waals surface area contributed by atoms with E-state index in [1.54, 1.807) is 4.90 Å². The summed E-state index contributed by atoms with van der Waals surface area (Å²) in [5, 5.41) is 0. The molecule has 3 nitrogen and oxygen atoms in total. The monoisotopic (exact) mass is 377 g/mol. The Bertz CT molecular complexity index is 804. The topological polar surface area (TPSA) is 29.5 Å². The second-order valence-electron chi connectivity index (χ2n) is 6.89. The first kappa shape index (κ1) is 19.4. The lowest BCUT2D eigenvalue weighted by molar-refractivity contribution is -0.137. The van der Waals surface area contributed by atoms with E-state index in [9.17, 15) is 18.0 Å². The van der Waals surface area contributed by atoms with Gasteiger partial charge in [-0.05, 0) is 43.5 Å². The quantitative estimate of drug-likeness (QED) is 0.763. The molecule has 1 aliphatic heterocycles. The highest BCUT2D eigenvalue weighted by atomic mass is 19.4.